The summed E-state index contributed by atoms with van der Waals surface area (Å²) in [5.41, 5.74) is -0.423. The number of phenols is 1. The number of anilines is 2. The van der Waals surface area contributed by atoms with Crippen LogP contribution in [0.15, 0.2) is 66.7 Å². The predicted molar refractivity (Wildman–Crippen MR) is 141 cm³/mol. The molecule has 5 rings (SSSR count). The molecule has 4 aromatic rings. The number of fused-ring (bicyclic) bond motifs is 1. The van der Waals surface area contributed by atoms with Gasteiger partial charge in [0.05, 0.1) is 12.6 Å². The molecule has 0 aliphatic heterocycles. The maximum atomic E-state index is 14.9. The van der Waals surface area contributed by atoms with Gasteiger partial charge in [0.25, 0.3) is 0 Å². The Balaban J connectivity index is 1.31. The van der Waals surface area contributed by atoms with Crippen molar-refractivity contribution in [2.45, 2.75) is 13.8 Å². The van der Waals surface area contributed by atoms with Gasteiger partial charge in [-0.05, 0) is 60.4 Å². The number of rotatable bonds is 7. The highest BCUT2D eigenvalue weighted by Crippen LogP contribution is 2.59. The Bertz CT molecular complexity index is 1580. The molecule has 1 heterocycles. The number of methoxy groups -OCH3 is 1. The van der Waals surface area contributed by atoms with Crippen LogP contribution in [0.25, 0.3) is 10.9 Å². The maximum absolute atomic E-state index is 14.9. The average molecular weight is 534 g/mol. The van der Waals surface area contributed by atoms with Crippen LogP contribution in [0.2, 0.25) is 0 Å². The Morgan fingerprint density at radius 1 is 0.872 bits per heavy atom. The number of aromatic nitrogens is 1. The molecule has 2 atom stereocenters. The van der Waals surface area contributed by atoms with E-state index in [4.69, 9.17) is 9.47 Å². The number of hydrogen-bond donors (Lipinski definition) is 3. The van der Waals surface area contributed by atoms with Gasteiger partial charge in [-0.1, -0.05) is 13.8 Å². The molecule has 3 aromatic carbocycles. The summed E-state index contributed by atoms with van der Waals surface area (Å²) in [6.07, 6.45) is 0. The number of nitrogens with zero attached hydrogens (tertiary/aromatic N) is 1. The zero-order valence-electron chi connectivity index (χ0n) is 21.3. The molecule has 39 heavy (non-hydrogen) atoms. The van der Waals surface area contributed by atoms with Gasteiger partial charge in [-0.25, -0.2) is 13.8 Å². The number of carbonyl (C=O) groups is 2. The third-order valence-electron chi connectivity index (χ3n) is 7.30. The summed E-state index contributed by atoms with van der Waals surface area (Å²) in [5, 5.41) is 16.0. The van der Waals surface area contributed by atoms with E-state index in [1.807, 2.05) is 0 Å². The van der Waals surface area contributed by atoms with E-state index in [2.05, 4.69) is 15.6 Å². The van der Waals surface area contributed by atoms with E-state index in [0.29, 0.717) is 22.3 Å². The van der Waals surface area contributed by atoms with Crippen molar-refractivity contribution in [2.75, 3.05) is 17.7 Å². The fraction of sp³-hybridized carbons (Fsp3) is 0.207. The largest absolute Gasteiger partial charge is 0.504 e. The smallest absolute Gasteiger partial charge is 0.240 e. The summed E-state index contributed by atoms with van der Waals surface area (Å²) < 4.78 is 38.8. The van der Waals surface area contributed by atoms with Gasteiger partial charge in [-0.3, -0.25) is 9.59 Å². The molecule has 1 saturated carbocycles. The van der Waals surface area contributed by atoms with E-state index < -0.39 is 28.9 Å². The first kappa shape index (κ1) is 25.9. The quantitative estimate of drug-likeness (QED) is 0.257. The van der Waals surface area contributed by atoms with Crippen molar-refractivity contribution >= 4 is 34.1 Å². The molecule has 200 valence electrons. The highest BCUT2D eigenvalue weighted by molar-refractivity contribution is 6.17. The normalized spacial score (nSPS) is 19.8. The van der Waals surface area contributed by atoms with E-state index in [1.165, 1.54) is 49.6 Å². The number of benzene rings is 3. The summed E-state index contributed by atoms with van der Waals surface area (Å²) >= 11 is 0. The van der Waals surface area contributed by atoms with E-state index in [-0.39, 0.29) is 34.9 Å². The minimum Gasteiger partial charge on any atom is -0.504 e. The van der Waals surface area contributed by atoms with E-state index in [0.717, 1.165) is 6.07 Å². The number of hydrogen-bond acceptors (Lipinski definition) is 6. The van der Waals surface area contributed by atoms with Crippen molar-refractivity contribution in [3.05, 3.63) is 78.4 Å². The van der Waals surface area contributed by atoms with Gasteiger partial charge in [0.2, 0.25) is 17.7 Å². The van der Waals surface area contributed by atoms with E-state index in [9.17, 15) is 23.5 Å². The first-order valence-corrected chi connectivity index (χ1v) is 12.2. The number of aromatic hydroxyl groups is 1. The minimum atomic E-state index is -1.36. The standard InChI is InChI=1S/C29H25F2N3O5/c1-15-16(2)29(15,27(36)32-19-7-5-18(30)6-8-19)28(37)33-20-9-10-24(21(31)13-20)39-26-11-4-17-12-25(38-3)23(35)14-22(17)34-26/h4-16,35H,1-3H3,(H,32,36)(H,33,37). The molecule has 1 fully saturated rings. The summed E-state index contributed by atoms with van der Waals surface area (Å²) in [6, 6.07) is 15.4. The summed E-state index contributed by atoms with van der Waals surface area (Å²) in [7, 11) is 1.44. The molecule has 2 amide bonds. The van der Waals surface area contributed by atoms with Crippen LogP contribution >= 0.6 is 0 Å². The molecule has 0 radical (unpaired) electrons. The summed E-state index contributed by atoms with van der Waals surface area (Å²) in [6.45, 7) is 3.58. The molecule has 8 nitrogen and oxygen atoms in total. The van der Waals surface area contributed by atoms with Gasteiger partial charge >= 0.3 is 0 Å². The van der Waals surface area contributed by atoms with Crippen LogP contribution in [0.1, 0.15) is 13.8 Å². The molecule has 1 aliphatic carbocycles. The van der Waals surface area contributed by atoms with Crippen LogP contribution in [0.5, 0.6) is 23.1 Å². The zero-order valence-corrected chi connectivity index (χ0v) is 21.3. The third-order valence-corrected chi connectivity index (χ3v) is 7.30. The Morgan fingerprint density at radius 3 is 2.13 bits per heavy atom. The van der Waals surface area contributed by atoms with Crippen molar-refractivity contribution in [2.24, 2.45) is 17.3 Å². The van der Waals surface area contributed by atoms with Crippen molar-refractivity contribution in [3.8, 4) is 23.1 Å². The lowest BCUT2D eigenvalue weighted by Crippen LogP contribution is -2.38. The fourth-order valence-corrected chi connectivity index (χ4v) is 4.82. The predicted octanol–water partition coefficient (Wildman–Crippen LogP) is 5.87. The highest BCUT2D eigenvalue weighted by atomic mass is 19.1. The van der Waals surface area contributed by atoms with Crippen LogP contribution in [0.4, 0.5) is 20.2 Å². The number of carbonyl (C=O) groups excluding carboxylic acids is 2. The second-order valence-electron chi connectivity index (χ2n) is 9.48. The van der Waals surface area contributed by atoms with Crippen molar-refractivity contribution < 1.29 is 33.0 Å². The van der Waals surface area contributed by atoms with Crippen molar-refractivity contribution in [1.29, 1.82) is 0 Å². The zero-order chi connectivity index (χ0) is 27.9. The van der Waals surface area contributed by atoms with Crippen LogP contribution < -0.4 is 20.1 Å². The molecule has 1 aromatic heterocycles. The van der Waals surface area contributed by atoms with E-state index >= 15 is 0 Å². The molecular weight excluding hydrogens is 508 g/mol. The minimum absolute atomic E-state index is 0.0932. The SMILES string of the molecule is COc1cc2ccc(Oc3ccc(NC(=O)C4(C(=O)Nc5ccc(F)cc5)C(C)C4C)cc3F)nc2cc1O. The van der Waals surface area contributed by atoms with Crippen molar-refractivity contribution in [3.63, 3.8) is 0 Å². The molecule has 0 bridgehead atoms. The number of amides is 2. The number of nitrogens with one attached hydrogen (secondary N) is 2. The molecule has 0 saturated heterocycles. The Labute approximate surface area is 222 Å². The summed E-state index contributed by atoms with van der Waals surface area (Å²) in [4.78, 5) is 30.7. The Morgan fingerprint density at radius 2 is 1.51 bits per heavy atom. The fourth-order valence-electron chi connectivity index (χ4n) is 4.82. The van der Waals surface area contributed by atoms with Gasteiger partial charge < -0.3 is 25.2 Å². The molecule has 3 N–H and O–H groups in total. The number of pyridine rings is 1. The van der Waals surface area contributed by atoms with Gasteiger partial charge in [-0.2, -0.15) is 0 Å². The lowest BCUT2D eigenvalue weighted by atomic mass is 9.99. The number of ether oxygens (including phenoxy) is 2. The van der Waals surface area contributed by atoms with Crippen LogP contribution in [-0.2, 0) is 9.59 Å². The maximum Gasteiger partial charge on any atom is 0.240 e. The molecule has 0 spiro atoms. The van der Waals surface area contributed by atoms with Gasteiger partial charge in [0.15, 0.2) is 23.1 Å². The lowest BCUT2D eigenvalue weighted by Gasteiger charge is -2.18. The molecule has 2 unspecified atom stereocenters. The Hall–Kier alpha value is -4.73. The van der Waals surface area contributed by atoms with Gasteiger partial charge in [0.1, 0.15) is 11.2 Å². The van der Waals surface area contributed by atoms with Crippen LogP contribution in [0.3, 0.4) is 0 Å². The van der Waals surface area contributed by atoms with Gasteiger partial charge in [0, 0.05) is 35.0 Å². The van der Waals surface area contributed by atoms with E-state index in [1.54, 1.807) is 32.0 Å². The second-order valence-corrected chi connectivity index (χ2v) is 9.48. The lowest BCUT2D eigenvalue weighted by molar-refractivity contribution is -0.132. The third kappa shape index (κ3) is 4.69. The second kappa shape index (κ2) is 9.86. The Kier molecular flexibility index (Phi) is 6.55. The van der Waals surface area contributed by atoms with Crippen LogP contribution in [0, 0.1) is 28.9 Å². The monoisotopic (exact) mass is 533 g/mol. The molecular formula is C29H25F2N3O5. The summed E-state index contributed by atoms with van der Waals surface area (Å²) in [5.74, 6) is -2.63. The molecule has 10 heteroatoms. The van der Waals surface area contributed by atoms with Crippen molar-refractivity contribution in [1.82, 2.24) is 4.98 Å². The number of phenolic OH excluding ortho intramolecular Hbond substituents is 1. The highest BCUT2D eigenvalue weighted by Gasteiger charge is 2.69. The average Bonchev–Trinajstić information content (AvgIpc) is 3.47. The van der Waals surface area contributed by atoms with Gasteiger partial charge in [-0.15, -0.1) is 0 Å². The molecule has 1 aliphatic rings. The first-order valence-electron chi connectivity index (χ1n) is 12.2. The topological polar surface area (TPSA) is 110 Å². The van der Waals surface area contributed by atoms with Crippen LogP contribution in [-0.4, -0.2) is 29.0 Å². The number of halogens is 2. The first-order chi connectivity index (χ1) is 18.6.